The predicted octanol–water partition coefficient (Wildman–Crippen LogP) is 30.0. The maximum Gasteiger partial charge on any atom is 0.0620 e. The van der Waals surface area contributed by atoms with Crippen molar-refractivity contribution in [2.45, 2.75) is 143 Å². The van der Waals surface area contributed by atoms with Gasteiger partial charge in [0.25, 0.3) is 0 Å². The highest BCUT2D eigenvalue weighted by molar-refractivity contribution is 6.24. The fraction of sp³-hybridized carbons (Fsp3) is 0.204. The fourth-order valence-corrected chi connectivity index (χ4v) is 19.7. The molecule has 0 aromatic heterocycles. The molecule has 4 aliphatic carbocycles. The Bertz CT molecular complexity index is 5990. The number of benzene rings is 15. The first-order valence-corrected chi connectivity index (χ1v) is 39.7. The highest BCUT2D eigenvalue weighted by Crippen LogP contribution is 2.59. The molecule has 0 bridgehead atoms. The minimum Gasteiger partial charge on any atom is -0.309 e. The van der Waals surface area contributed by atoms with Crippen LogP contribution in [-0.4, -0.2) is 0 Å². The first kappa shape index (κ1) is 68.9. The predicted molar refractivity (Wildman–Crippen MR) is 470 cm³/mol. The average Bonchev–Trinajstić information content (AvgIpc) is 0.944. The van der Waals surface area contributed by atoms with Crippen molar-refractivity contribution >= 4 is 55.7 Å². The summed E-state index contributed by atoms with van der Waals surface area (Å²) in [5.41, 5.74) is 42.2. The van der Waals surface area contributed by atoms with E-state index in [1.807, 2.05) is 0 Å². The topological polar surface area (TPSA) is 6.48 Å². The van der Waals surface area contributed by atoms with E-state index in [0.29, 0.717) is 0 Å². The van der Waals surface area contributed by atoms with Gasteiger partial charge < -0.3 is 9.80 Å². The first-order valence-electron chi connectivity index (χ1n) is 39.7. The Hall–Kier alpha value is -11.6. The van der Waals surface area contributed by atoms with Crippen molar-refractivity contribution in [2.24, 2.45) is 0 Å². The van der Waals surface area contributed by atoms with E-state index in [0.717, 1.165) is 55.7 Å². The summed E-state index contributed by atoms with van der Waals surface area (Å²) in [6.07, 6.45) is 0. The smallest absolute Gasteiger partial charge is 0.0620 e. The van der Waals surface area contributed by atoms with Crippen LogP contribution in [0.15, 0.2) is 291 Å². The molecule has 538 valence electrons. The van der Waals surface area contributed by atoms with Crippen molar-refractivity contribution in [3.63, 3.8) is 0 Å². The Labute approximate surface area is 651 Å². The molecule has 19 rings (SSSR count). The minimum atomic E-state index is -0.306. The molecule has 0 saturated heterocycles. The lowest BCUT2D eigenvalue weighted by Gasteiger charge is -2.35. The molecule has 0 atom stereocenters. The minimum absolute atomic E-state index is 0.0205. The molecule has 0 radical (unpaired) electrons. The van der Waals surface area contributed by atoms with Crippen LogP contribution in [0.25, 0.3) is 111 Å². The second kappa shape index (κ2) is 24.5. The van der Waals surface area contributed by atoms with Crippen molar-refractivity contribution in [1.29, 1.82) is 0 Å². The zero-order valence-electron chi connectivity index (χ0n) is 66.6. The second-order valence-corrected chi connectivity index (χ2v) is 36.2. The van der Waals surface area contributed by atoms with Gasteiger partial charge in [-0.3, -0.25) is 0 Å². The number of hydrogen-bond acceptors (Lipinski definition) is 2. The van der Waals surface area contributed by atoms with Crippen molar-refractivity contribution in [3.05, 3.63) is 358 Å². The van der Waals surface area contributed by atoms with Gasteiger partial charge >= 0.3 is 0 Å². The zero-order chi connectivity index (χ0) is 76.0. The van der Waals surface area contributed by atoms with Gasteiger partial charge in [0.05, 0.1) is 22.7 Å². The van der Waals surface area contributed by atoms with E-state index in [2.05, 4.69) is 412 Å². The number of hydrogen-bond donors (Lipinski definition) is 0. The normalized spacial score (nSPS) is 14.8. The van der Waals surface area contributed by atoms with E-state index in [4.69, 9.17) is 0 Å². The van der Waals surface area contributed by atoms with E-state index in [1.165, 1.54) is 156 Å². The van der Waals surface area contributed by atoms with Gasteiger partial charge in [0.1, 0.15) is 0 Å². The van der Waals surface area contributed by atoms with Gasteiger partial charge in [0, 0.05) is 65.7 Å². The molecule has 0 saturated carbocycles. The Kier molecular flexibility index (Phi) is 15.3. The molecule has 0 amide bonds. The number of anilines is 6. The molecule has 0 fully saturated rings. The molecule has 15 aromatic rings. The average molecular weight is 1420 g/mol. The van der Waals surface area contributed by atoms with Crippen molar-refractivity contribution < 1.29 is 0 Å². The first-order chi connectivity index (χ1) is 52.6. The number of aryl methyl sites for hydroxylation is 2. The highest BCUT2D eigenvalue weighted by atomic mass is 15.2. The Morgan fingerprint density at radius 1 is 0.218 bits per heavy atom. The maximum atomic E-state index is 2.67. The quantitative estimate of drug-likeness (QED) is 0.0995. The lowest BCUT2D eigenvalue weighted by atomic mass is 9.79. The Morgan fingerprint density at radius 3 is 0.782 bits per heavy atom. The van der Waals surface area contributed by atoms with E-state index < -0.39 is 0 Å². The number of fused-ring (bicyclic) bond motifs is 14. The molecule has 4 aliphatic rings. The van der Waals surface area contributed by atoms with Crippen molar-refractivity contribution in [1.82, 2.24) is 0 Å². The molecule has 15 aromatic carbocycles. The van der Waals surface area contributed by atoms with Gasteiger partial charge in [-0.1, -0.05) is 314 Å². The molecule has 0 heterocycles. The third-order valence-electron chi connectivity index (χ3n) is 25.9. The molecule has 0 aliphatic heterocycles. The lowest BCUT2D eigenvalue weighted by molar-refractivity contribution is 0.590. The molecule has 0 unspecified atom stereocenters. The van der Waals surface area contributed by atoms with Crippen molar-refractivity contribution in [2.75, 3.05) is 9.80 Å². The summed E-state index contributed by atoms with van der Waals surface area (Å²) in [4.78, 5) is 5.20. The van der Waals surface area contributed by atoms with Crippen LogP contribution in [0, 0.1) is 13.8 Å². The summed E-state index contributed by atoms with van der Waals surface area (Å²) < 4.78 is 0. The molecule has 0 N–H and O–H groups in total. The van der Waals surface area contributed by atoms with Gasteiger partial charge in [-0.2, -0.15) is 0 Å². The van der Waals surface area contributed by atoms with E-state index >= 15 is 0 Å². The maximum absolute atomic E-state index is 2.67. The summed E-state index contributed by atoms with van der Waals surface area (Å²) in [5, 5.41) is 4.61. The van der Waals surface area contributed by atoms with Crippen LogP contribution in [0.4, 0.5) is 34.1 Å². The Balaban J connectivity index is 0.796. The molecule has 0 spiro atoms. The van der Waals surface area contributed by atoms with Crippen LogP contribution in [-0.2, 0) is 32.5 Å². The molecule has 2 nitrogen and oxygen atoms in total. The van der Waals surface area contributed by atoms with Crippen LogP contribution in [0.3, 0.4) is 0 Å². The summed E-state index contributed by atoms with van der Waals surface area (Å²) >= 11 is 0. The van der Waals surface area contributed by atoms with Crippen LogP contribution in [0.5, 0.6) is 0 Å². The monoisotopic (exact) mass is 1420 g/mol. The van der Waals surface area contributed by atoms with E-state index in [-0.39, 0.29) is 32.5 Å². The summed E-state index contributed by atoms with van der Waals surface area (Å²) in [6, 6.07) is 113. The molecule has 110 heavy (non-hydrogen) atoms. The zero-order valence-corrected chi connectivity index (χ0v) is 66.6. The lowest BCUT2D eigenvalue weighted by Crippen LogP contribution is -2.17. The van der Waals surface area contributed by atoms with Gasteiger partial charge in [-0.05, 0) is 243 Å². The third-order valence-corrected chi connectivity index (χ3v) is 25.9. The Morgan fingerprint density at radius 2 is 0.473 bits per heavy atom. The van der Waals surface area contributed by atoms with Gasteiger partial charge in [0.2, 0.25) is 0 Å². The molecular formula is C108H96N2. The summed E-state index contributed by atoms with van der Waals surface area (Å²) in [7, 11) is 0. The van der Waals surface area contributed by atoms with Crippen LogP contribution in [0.2, 0.25) is 0 Å². The summed E-state index contributed by atoms with van der Waals surface area (Å²) in [6.45, 7) is 37.7. The van der Waals surface area contributed by atoms with E-state index in [9.17, 15) is 0 Å². The van der Waals surface area contributed by atoms with Crippen molar-refractivity contribution in [3.8, 4) is 89.0 Å². The van der Waals surface area contributed by atoms with Gasteiger partial charge in [-0.15, -0.1) is 0 Å². The number of rotatable bonds is 10. The van der Waals surface area contributed by atoms with E-state index in [1.54, 1.807) is 0 Å². The van der Waals surface area contributed by atoms with Crippen LogP contribution >= 0.6 is 0 Å². The molecule has 2 heteroatoms. The van der Waals surface area contributed by atoms with Gasteiger partial charge in [0.15, 0.2) is 0 Å². The molecular weight excluding hydrogens is 1330 g/mol. The highest BCUT2D eigenvalue weighted by Gasteiger charge is 2.42. The van der Waals surface area contributed by atoms with Gasteiger partial charge in [-0.25, -0.2) is 0 Å². The van der Waals surface area contributed by atoms with Crippen LogP contribution < -0.4 is 9.80 Å². The largest absolute Gasteiger partial charge is 0.309 e. The third kappa shape index (κ3) is 10.6. The standard InChI is InChI=1S/C108H96N2/c1-65-33-55-99(89(57-65)71-39-53-83-81-51-37-69(61-95(81)107(13,14)97(83)63-71)67-35-49-79-77-25-21-23-31-91(77)105(9,10)93(79)59-67)110(102-87-29-19-17-27-85(87)101(86-28-18-20-30-88(86)102)109(75-45-41-73(42-46-75)103(3,4)5)76-47-43-74(44-48-76)104(6,7)8)100-56-34-66(2)58-90(100)72-40-54-84-82-52-38-70(62-96(82)108(15,16)98(84)64-72)68-36-50-80-78-26-22-24-32-92(78)106(11,12)94(80)60-68/h17-64H,1-16H3. The SMILES string of the molecule is Cc1ccc(N(c2ccc(C)cc2-c2ccc3c(c2)C(C)(C)c2cc(-c4ccc5c(c4)C(C)(C)c4ccccc4-5)ccc2-3)c2c3ccccc3c(N(c3ccc(C(C)(C)C)cc3)c3ccc(C(C)(C)C)cc3)c3ccccc23)c(-c2ccc3c(c2)C(C)(C)c2cc(-c4ccc5c(c4)C(C)(C)c4ccccc4-5)ccc2-3)c1. The second-order valence-electron chi connectivity index (χ2n) is 36.2. The summed E-state index contributed by atoms with van der Waals surface area (Å²) in [5.74, 6) is 0. The fourth-order valence-electron chi connectivity index (χ4n) is 19.7. The van der Waals surface area contributed by atoms with Crippen LogP contribution in [0.1, 0.15) is 164 Å². The number of nitrogens with zero attached hydrogens (tertiary/aromatic N) is 2.